The zero-order chi connectivity index (χ0) is 18.2. The third-order valence-corrected chi connectivity index (χ3v) is 4.22. The van der Waals surface area contributed by atoms with E-state index in [9.17, 15) is 4.79 Å². The molecular formula is C19H34N4O. The van der Waals surface area contributed by atoms with Gasteiger partial charge in [0.15, 0.2) is 0 Å². The van der Waals surface area contributed by atoms with Gasteiger partial charge in [-0.2, -0.15) is 0 Å². The molecular weight excluding hydrogens is 300 g/mol. The second-order valence-electron chi connectivity index (χ2n) is 7.07. The van der Waals surface area contributed by atoms with E-state index in [1.54, 1.807) is 0 Å². The number of piperazine rings is 1. The molecule has 5 heteroatoms. The Labute approximate surface area is 147 Å². The minimum Gasteiger partial charge on any atom is -0.297 e. The van der Waals surface area contributed by atoms with Crippen LogP contribution in [-0.2, 0) is 16.8 Å². The Morgan fingerprint density at radius 3 is 2.00 bits per heavy atom. The highest BCUT2D eigenvalue weighted by atomic mass is 16.2. The van der Waals surface area contributed by atoms with Crippen molar-refractivity contribution in [3.8, 4) is 0 Å². The first-order valence-corrected chi connectivity index (χ1v) is 8.92. The summed E-state index contributed by atoms with van der Waals surface area (Å²) in [6, 6.07) is 8.93. The molecule has 1 aliphatic rings. The van der Waals surface area contributed by atoms with Crippen LogP contribution in [0.4, 0.5) is 0 Å². The molecule has 0 atom stereocenters. The fourth-order valence-corrected chi connectivity index (χ4v) is 2.72. The summed E-state index contributed by atoms with van der Waals surface area (Å²) in [5, 5.41) is 0. The van der Waals surface area contributed by atoms with Crippen LogP contribution in [0.15, 0.2) is 24.3 Å². The van der Waals surface area contributed by atoms with Crippen LogP contribution in [0, 0.1) is 0 Å². The fraction of sp³-hybridized carbons (Fsp3) is 0.632. The average Bonchev–Trinajstić information content (AvgIpc) is 2.58. The summed E-state index contributed by atoms with van der Waals surface area (Å²) in [5.74, 6) is 5.01. The third kappa shape index (κ3) is 6.59. The molecule has 24 heavy (non-hydrogen) atoms. The topological polar surface area (TPSA) is 61.6 Å². The van der Waals surface area contributed by atoms with Crippen molar-refractivity contribution in [2.45, 2.75) is 46.6 Å². The van der Waals surface area contributed by atoms with Gasteiger partial charge in [-0.15, -0.1) is 0 Å². The van der Waals surface area contributed by atoms with Crippen molar-refractivity contribution in [3.05, 3.63) is 35.4 Å². The Morgan fingerprint density at radius 2 is 1.54 bits per heavy atom. The van der Waals surface area contributed by atoms with Crippen LogP contribution >= 0.6 is 0 Å². The lowest BCUT2D eigenvalue weighted by molar-refractivity contribution is -0.122. The number of amides is 1. The zero-order valence-corrected chi connectivity index (χ0v) is 15.9. The first-order chi connectivity index (χ1) is 11.4. The van der Waals surface area contributed by atoms with Crippen molar-refractivity contribution in [3.63, 3.8) is 0 Å². The molecule has 1 amide bonds. The number of nitrogens with zero attached hydrogens (tertiary/aromatic N) is 2. The molecule has 1 aromatic rings. The number of carbonyl (C=O) groups excluding carboxylic acids is 1. The van der Waals surface area contributed by atoms with E-state index in [1.165, 1.54) is 11.1 Å². The van der Waals surface area contributed by atoms with Gasteiger partial charge >= 0.3 is 0 Å². The molecule has 1 heterocycles. The lowest BCUT2D eigenvalue weighted by Gasteiger charge is -2.34. The quantitative estimate of drug-likeness (QED) is 0.503. The Balaban J connectivity index is 0.00000139. The summed E-state index contributed by atoms with van der Waals surface area (Å²) in [6.07, 6.45) is 0. The van der Waals surface area contributed by atoms with Crippen LogP contribution in [0.1, 0.15) is 45.7 Å². The van der Waals surface area contributed by atoms with E-state index >= 15 is 0 Å². The first-order valence-electron chi connectivity index (χ1n) is 8.92. The zero-order valence-electron chi connectivity index (χ0n) is 15.9. The van der Waals surface area contributed by atoms with E-state index in [-0.39, 0.29) is 11.3 Å². The molecule has 136 valence electrons. The number of nitrogens with one attached hydrogen (secondary N) is 1. The van der Waals surface area contributed by atoms with Gasteiger partial charge in [0.1, 0.15) is 0 Å². The number of carbonyl (C=O) groups is 1. The van der Waals surface area contributed by atoms with Gasteiger partial charge in [0.05, 0.1) is 6.54 Å². The fourth-order valence-electron chi connectivity index (χ4n) is 2.72. The number of nitrogens with two attached hydrogens (primary N) is 1. The van der Waals surface area contributed by atoms with Gasteiger partial charge in [0, 0.05) is 32.7 Å². The van der Waals surface area contributed by atoms with Crippen LogP contribution in [-0.4, -0.2) is 48.4 Å². The maximum Gasteiger partial charge on any atom is 0.248 e. The second-order valence-corrected chi connectivity index (χ2v) is 7.07. The van der Waals surface area contributed by atoms with Gasteiger partial charge < -0.3 is 0 Å². The number of benzene rings is 1. The van der Waals surface area contributed by atoms with Crippen LogP contribution in [0.25, 0.3) is 0 Å². The number of hydrazine groups is 1. The molecule has 1 aliphatic heterocycles. The Morgan fingerprint density at radius 1 is 1.04 bits per heavy atom. The van der Waals surface area contributed by atoms with Crippen molar-refractivity contribution < 1.29 is 4.79 Å². The molecule has 0 aliphatic carbocycles. The molecule has 1 saturated heterocycles. The summed E-state index contributed by atoms with van der Waals surface area (Å²) >= 11 is 0. The molecule has 1 fully saturated rings. The summed E-state index contributed by atoms with van der Waals surface area (Å²) in [6.45, 7) is 15.9. The van der Waals surface area contributed by atoms with E-state index in [4.69, 9.17) is 5.84 Å². The SMILES string of the molecule is CC.CC(C)(C)c1ccc(CN2CCN(CC(=O)NN)CC2)cc1. The lowest BCUT2D eigenvalue weighted by Crippen LogP contribution is -2.49. The maximum atomic E-state index is 11.3. The molecule has 0 bridgehead atoms. The summed E-state index contributed by atoms with van der Waals surface area (Å²) < 4.78 is 0. The summed E-state index contributed by atoms with van der Waals surface area (Å²) in [7, 11) is 0. The third-order valence-electron chi connectivity index (χ3n) is 4.22. The minimum absolute atomic E-state index is 0.119. The highest BCUT2D eigenvalue weighted by molar-refractivity contribution is 5.77. The van der Waals surface area contributed by atoms with E-state index in [1.807, 2.05) is 13.8 Å². The smallest absolute Gasteiger partial charge is 0.248 e. The molecule has 5 nitrogen and oxygen atoms in total. The van der Waals surface area contributed by atoms with E-state index in [0.29, 0.717) is 6.54 Å². The Bertz CT molecular complexity index is 485. The van der Waals surface area contributed by atoms with E-state index < -0.39 is 0 Å². The van der Waals surface area contributed by atoms with Crippen molar-refractivity contribution in [2.75, 3.05) is 32.7 Å². The highest BCUT2D eigenvalue weighted by Crippen LogP contribution is 2.22. The molecule has 0 spiro atoms. The van der Waals surface area contributed by atoms with Gasteiger partial charge in [-0.05, 0) is 16.5 Å². The van der Waals surface area contributed by atoms with Gasteiger partial charge in [0.2, 0.25) is 5.91 Å². The first kappa shape index (κ1) is 20.6. The number of rotatable bonds is 4. The standard InChI is InChI=1S/C17H28N4O.C2H6/c1-17(2,3)15-6-4-14(5-7-15)12-20-8-10-21(11-9-20)13-16(22)19-18;1-2/h4-7H,8-13,18H2,1-3H3,(H,19,22);1-2H3. The normalized spacial score (nSPS) is 16.2. The van der Waals surface area contributed by atoms with Gasteiger partial charge in [-0.25, -0.2) is 5.84 Å². The average molecular weight is 335 g/mol. The van der Waals surface area contributed by atoms with Crippen LogP contribution < -0.4 is 11.3 Å². The van der Waals surface area contributed by atoms with E-state index in [2.05, 4.69) is 60.3 Å². The lowest BCUT2D eigenvalue weighted by atomic mass is 9.87. The highest BCUT2D eigenvalue weighted by Gasteiger charge is 2.19. The van der Waals surface area contributed by atoms with Crippen LogP contribution in [0.2, 0.25) is 0 Å². The van der Waals surface area contributed by atoms with Gasteiger partial charge in [0.25, 0.3) is 0 Å². The molecule has 0 unspecified atom stereocenters. The molecule has 3 N–H and O–H groups in total. The second kappa shape index (κ2) is 9.77. The van der Waals surface area contributed by atoms with Crippen molar-refractivity contribution in [2.24, 2.45) is 5.84 Å². The molecule has 0 aromatic heterocycles. The number of hydrogen-bond donors (Lipinski definition) is 2. The van der Waals surface area contributed by atoms with Crippen LogP contribution in [0.5, 0.6) is 0 Å². The summed E-state index contributed by atoms with van der Waals surface area (Å²) in [4.78, 5) is 15.8. The predicted molar refractivity (Wildman–Crippen MR) is 101 cm³/mol. The molecule has 2 rings (SSSR count). The summed E-state index contributed by atoms with van der Waals surface area (Å²) in [5.41, 5.74) is 5.11. The molecule has 0 saturated carbocycles. The Kier molecular flexibility index (Phi) is 8.39. The Hall–Kier alpha value is -1.43. The molecule has 0 radical (unpaired) electrons. The van der Waals surface area contributed by atoms with Crippen molar-refractivity contribution >= 4 is 5.91 Å². The van der Waals surface area contributed by atoms with E-state index in [0.717, 1.165) is 32.7 Å². The minimum atomic E-state index is -0.119. The molecule has 1 aromatic carbocycles. The van der Waals surface area contributed by atoms with Crippen molar-refractivity contribution in [1.29, 1.82) is 0 Å². The van der Waals surface area contributed by atoms with Gasteiger partial charge in [-0.1, -0.05) is 58.9 Å². The van der Waals surface area contributed by atoms with Gasteiger partial charge in [-0.3, -0.25) is 20.0 Å². The largest absolute Gasteiger partial charge is 0.297 e. The number of hydrogen-bond acceptors (Lipinski definition) is 4. The monoisotopic (exact) mass is 334 g/mol. The predicted octanol–water partition coefficient (Wildman–Crippen LogP) is 2.12. The van der Waals surface area contributed by atoms with Crippen LogP contribution in [0.3, 0.4) is 0 Å². The maximum absolute atomic E-state index is 11.3. The van der Waals surface area contributed by atoms with Crippen molar-refractivity contribution in [1.82, 2.24) is 15.2 Å².